The van der Waals surface area contributed by atoms with Crippen molar-refractivity contribution in [2.75, 3.05) is 0 Å². The van der Waals surface area contributed by atoms with Gasteiger partial charge in [-0.1, -0.05) is 4.13 Å². The van der Waals surface area contributed by atoms with Gasteiger partial charge >= 0.3 is 35.6 Å². The van der Waals surface area contributed by atoms with Crippen LogP contribution in [0.15, 0.2) is 23.1 Å². The van der Waals surface area contributed by atoms with E-state index >= 15 is 0 Å². The number of halogens is 15. The SMILES string of the molecule is O=S(=O)(NS(=O)(=O)C(F)(F)C(F)(F)C(F)(F)C(F)(F)F)c1cc(C(F)(F)F)cc(C(F)(F)F)c1. The van der Waals surface area contributed by atoms with Crippen LogP contribution in [-0.4, -0.2) is 40.1 Å². The van der Waals surface area contributed by atoms with E-state index in [2.05, 4.69) is 0 Å². The molecule has 0 saturated heterocycles. The van der Waals surface area contributed by atoms with Gasteiger partial charge in [-0.25, -0.2) is 16.8 Å². The summed E-state index contributed by atoms with van der Waals surface area (Å²) < 4.78 is 238. The summed E-state index contributed by atoms with van der Waals surface area (Å²) in [6.45, 7) is 0. The minimum absolute atomic E-state index is 0.545. The number of sulfonamides is 2. The molecule has 0 radical (unpaired) electrons. The molecule has 0 aliphatic carbocycles. The van der Waals surface area contributed by atoms with Crippen molar-refractivity contribution < 1.29 is 82.7 Å². The summed E-state index contributed by atoms with van der Waals surface area (Å²) in [5.74, 6) is -15.7. The van der Waals surface area contributed by atoms with E-state index in [1.54, 1.807) is 0 Å². The van der Waals surface area contributed by atoms with E-state index < -0.39 is 94.0 Å². The minimum Gasteiger partial charge on any atom is -0.206 e. The van der Waals surface area contributed by atoms with Crippen molar-refractivity contribution in [1.82, 2.24) is 4.13 Å². The average molecular weight is 575 g/mol. The molecule has 1 rings (SSSR count). The van der Waals surface area contributed by atoms with Gasteiger partial charge in [-0.15, -0.1) is 0 Å². The van der Waals surface area contributed by atoms with Crippen LogP contribution in [-0.2, 0) is 32.4 Å². The Bertz CT molecular complexity index is 1120. The molecule has 0 saturated carbocycles. The van der Waals surface area contributed by atoms with Crippen LogP contribution in [0.3, 0.4) is 0 Å². The van der Waals surface area contributed by atoms with Gasteiger partial charge in [0.1, 0.15) is 0 Å². The zero-order valence-corrected chi connectivity index (χ0v) is 16.5. The molecular weight excluding hydrogens is 571 g/mol. The molecule has 5 nitrogen and oxygen atoms in total. The summed E-state index contributed by atoms with van der Waals surface area (Å²) in [5.41, 5.74) is -4.97. The molecule has 1 aromatic carbocycles. The Kier molecular flexibility index (Phi) is 7.10. The Balaban J connectivity index is 3.70. The van der Waals surface area contributed by atoms with Crippen molar-refractivity contribution in [3.05, 3.63) is 29.3 Å². The molecule has 0 spiro atoms. The molecule has 0 aliphatic rings. The van der Waals surface area contributed by atoms with E-state index in [1.807, 2.05) is 0 Å². The summed E-state index contributed by atoms with van der Waals surface area (Å²) in [6, 6.07) is -2.33. The first-order chi connectivity index (χ1) is 14.5. The van der Waals surface area contributed by atoms with Crippen LogP contribution in [0.5, 0.6) is 0 Å². The highest BCUT2D eigenvalue weighted by Gasteiger charge is 2.85. The highest BCUT2D eigenvalue weighted by Crippen LogP contribution is 2.54. The first kappa shape index (κ1) is 30.1. The van der Waals surface area contributed by atoms with Crippen molar-refractivity contribution in [3.63, 3.8) is 0 Å². The van der Waals surface area contributed by atoms with E-state index in [1.165, 1.54) is 0 Å². The summed E-state index contributed by atoms with van der Waals surface area (Å²) in [7, 11) is -14.6. The van der Waals surface area contributed by atoms with Crippen LogP contribution < -0.4 is 4.13 Å². The summed E-state index contributed by atoms with van der Waals surface area (Å²) in [6.07, 6.45) is -19.1. The zero-order valence-electron chi connectivity index (χ0n) is 14.9. The third-order valence-electron chi connectivity index (χ3n) is 3.54. The highest BCUT2D eigenvalue weighted by atomic mass is 32.3. The molecule has 0 heterocycles. The van der Waals surface area contributed by atoms with Crippen LogP contribution in [0.25, 0.3) is 0 Å². The Morgan fingerprint density at radius 2 is 0.912 bits per heavy atom. The van der Waals surface area contributed by atoms with Crippen LogP contribution in [0, 0.1) is 0 Å². The number of hydrogen-bond acceptors (Lipinski definition) is 4. The Morgan fingerprint density at radius 1 is 0.559 bits per heavy atom. The van der Waals surface area contributed by atoms with Gasteiger partial charge in [0.15, 0.2) is 0 Å². The molecule has 34 heavy (non-hydrogen) atoms. The lowest BCUT2D eigenvalue weighted by atomic mass is 10.1. The fourth-order valence-electron chi connectivity index (χ4n) is 1.86. The second-order valence-corrected chi connectivity index (χ2v) is 9.66. The van der Waals surface area contributed by atoms with Crippen molar-refractivity contribution in [2.45, 2.75) is 40.5 Å². The number of hydrogen-bond donors (Lipinski definition) is 1. The zero-order chi connectivity index (χ0) is 27.6. The van der Waals surface area contributed by atoms with Gasteiger partial charge in [-0.2, -0.15) is 65.9 Å². The van der Waals surface area contributed by atoms with Gasteiger partial charge in [0.25, 0.3) is 20.0 Å². The molecule has 1 N–H and O–H groups in total. The maximum atomic E-state index is 13.6. The fraction of sp³-hybridized carbons (Fsp3) is 0.500. The maximum Gasteiger partial charge on any atom is 0.460 e. The second-order valence-electron chi connectivity index (χ2n) is 6.00. The third-order valence-corrected chi connectivity index (χ3v) is 7.09. The number of alkyl halides is 15. The molecular formula is C12H4F15NO4S2. The average Bonchev–Trinajstić information content (AvgIpc) is 2.57. The predicted molar refractivity (Wildman–Crippen MR) is 76.6 cm³/mol. The van der Waals surface area contributed by atoms with Crippen molar-refractivity contribution in [2.24, 2.45) is 0 Å². The lowest BCUT2D eigenvalue weighted by Gasteiger charge is -2.32. The van der Waals surface area contributed by atoms with E-state index in [0.717, 1.165) is 0 Å². The quantitative estimate of drug-likeness (QED) is 0.497. The number of nitrogens with one attached hydrogen (secondary N) is 1. The van der Waals surface area contributed by atoms with Gasteiger partial charge in [0.05, 0.1) is 16.0 Å². The van der Waals surface area contributed by atoms with E-state index in [9.17, 15) is 82.7 Å². The Labute approximate surface area is 177 Å². The molecule has 1 aromatic rings. The molecule has 0 bridgehead atoms. The molecule has 0 unspecified atom stereocenters. The van der Waals surface area contributed by atoms with Crippen LogP contribution in [0.4, 0.5) is 65.9 Å². The molecule has 198 valence electrons. The monoisotopic (exact) mass is 575 g/mol. The van der Waals surface area contributed by atoms with Gasteiger partial charge in [0.2, 0.25) is 0 Å². The lowest BCUT2D eigenvalue weighted by Crippen LogP contribution is -2.65. The van der Waals surface area contributed by atoms with Crippen LogP contribution >= 0.6 is 0 Å². The summed E-state index contributed by atoms with van der Waals surface area (Å²) in [5, 5.41) is -7.64. The topological polar surface area (TPSA) is 80.3 Å². The number of rotatable bonds is 6. The first-order valence-electron chi connectivity index (χ1n) is 7.30. The minimum atomic E-state index is -7.93. The molecule has 0 atom stereocenters. The van der Waals surface area contributed by atoms with Gasteiger partial charge in [-0.05, 0) is 18.2 Å². The Morgan fingerprint density at radius 3 is 1.21 bits per heavy atom. The van der Waals surface area contributed by atoms with Gasteiger partial charge in [0, 0.05) is 0 Å². The van der Waals surface area contributed by atoms with Crippen LogP contribution in [0.2, 0.25) is 0 Å². The highest BCUT2D eigenvalue weighted by molar-refractivity contribution is 8.05. The van der Waals surface area contributed by atoms with Crippen molar-refractivity contribution in [1.29, 1.82) is 0 Å². The normalized spacial score (nSPS) is 15.5. The largest absolute Gasteiger partial charge is 0.460 e. The predicted octanol–water partition coefficient (Wildman–Crippen LogP) is 4.76. The van der Waals surface area contributed by atoms with Crippen molar-refractivity contribution >= 4 is 20.0 Å². The van der Waals surface area contributed by atoms with E-state index in [4.69, 9.17) is 0 Å². The summed E-state index contributed by atoms with van der Waals surface area (Å²) in [4.78, 5) is -2.46. The van der Waals surface area contributed by atoms with Crippen molar-refractivity contribution in [3.8, 4) is 0 Å². The molecule has 0 aliphatic heterocycles. The molecule has 0 aromatic heterocycles. The smallest absolute Gasteiger partial charge is 0.206 e. The Hall–Kier alpha value is -1.97. The molecule has 0 fully saturated rings. The lowest BCUT2D eigenvalue weighted by molar-refractivity contribution is -0.382. The van der Waals surface area contributed by atoms with E-state index in [-0.39, 0.29) is 0 Å². The van der Waals surface area contributed by atoms with Gasteiger partial charge < -0.3 is 0 Å². The summed E-state index contributed by atoms with van der Waals surface area (Å²) >= 11 is 0. The first-order valence-corrected chi connectivity index (χ1v) is 10.3. The maximum absolute atomic E-state index is 13.6. The second kappa shape index (κ2) is 8.03. The fourth-order valence-corrected chi connectivity index (χ4v) is 4.84. The van der Waals surface area contributed by atoms with E-state index in [0.29, 0.717) is 0 Å². The molecule has 0 amide bonds. The third kappa shape index (κ3) is 5.16. The molecule has 22 heteroatoms. The van der Waals surface area contributed by atoms with Crippen LogP contribution in [0.1, 0.15) is 11.1 Å². The van der Waals surface area contributed by atoms with Gasteiger partial charge in [-0.3, -0.25) is 0 Å². The standard InChI is InChI=1S/C12H4F15NO4S2/c13-7(14,15)4-1-5(8(16,17)18)3-6(2-4)33(29,30)28-34(31,32)12(26,27)10(21,22)9(19,20)11(23,24)25/h1-3,28H. The number of benzene rings is 1.